The fraction of sp³-hybridized carbons (Fsp3) is 0.118. The third kappa shape index (κ3) is 2.85. The normalized spacial score (nSPS) is 11.4. The van der Waals surface area contributed by atoms with Crippen molar-refractivity contribution in [1.29, 1.82) is 0 Å². The molecule has 3 rings (SSSR count). The Morgan fingerprint density at radius 3 is 2.55 bits per heavy atom. The molecule has 0 saturated heterocycles. The number of hydrogen-bond acceptors (Lipinski definition) is 3. The van der Waals surface area contributed by atoms with Crippen LogP contribution in [0.1, 0.15) is 5.56 Å². The van der Waals surface area contributed by atoms with E-state index < -0.39 is 0 Å². The topological polar surface area (TPSA) is 51.6 Å². The Kier molecular flexibility index (Phi) is 3.90. The molecule has 0 aliphatic heterocycles. The van der Waals surface area contributed by atoms with Gasteiger partial charge in [0, 0.05) is 41.4 Å². The highest BCUT2D eigenvalue weighted by atomic mass is 79.9. The van der Waals surface area contributed by atoms with E-state index in [9.17, 15) is 5.11 Å². The van der Waals surface area contributed by atoms with E-state index in [-0.39, 0.29) is 5.88 Å². The lowest BCUT2D eigenvalue weighted by Gasteiger charge is -2.11. The van der Waals surface area contributed by atoms with Gasteiger partial charge in [-0.25, -0.2) is 0 Å². The molecule has 1 heterocycles. The number of anilines is 1. The number of aromatic hydroxyl groups is 1. The maximum Gasteiger partial charge on any atom is 0.198 e. The third-order valence-electron chi connectivity index (χ3n) is 3.49. The molecule has 3 aromatic rings. The number of hydrogen-bond donors (Lipinski definition) is 2. The van der Waals surface area contributed by atoms with Gasteiger partial charge in [-0.15, -0.1) is 0 Å². The molecule has 0 fully saturated rings. The predicted molar refractivity (Wildman–Crippen MR) is 95.7 cm³/mol. The van der Waals surface area contributed by atoms with E-state index in [0.29, 0.717) is 5.56 Å². The van der Waals surface area contributed by atoms with Gasteiger partial charge in [0.05, 0.1) is 11.3 Å². The Morgan fingerprint density at radius 2 is 1.86 bits per heavy atom. The Labute approximate surface area is 137 Å². The van der Waals surface area contributed by atoms with Gasteiger partial charge < -0.3 is 15.0 Å². The number of fused-ring (bicyclic) bond motifs is 1. The first-order chi connectivity index (χ1) is 10.5. The largest absolute Gasteiger partial charge is 0.494 e. The van der Waals surface area contributed by atoms with Crippen molar-refractivity contribution in [3.63, 3.8) is 0 Å². The van der Waals surface area contributed by atoms with Crippen molar-refractivity contribution in [1.82, 2.24) is 4.98 Å². The minimum Gasteiger partial charge on any atom is -0.494 e. The van der Waals surface area contributed by atoms with Gasteiger partial charge in [-0.2, -0.15) is 0 Å². The van der Waals surface area contributed by atoms with Crippen LogP contribution in [0.3, 0.4) is 0 Å². The highest BCUT2D eigenvalue weighted by Crippen LogP contribution is 2.29. The van der Waals surface area contributed by atoms with Crippen LogP contribution < -0.4 is 4.90 Å². The second kappa shape index (κ2) is 5.85. The lowest BCUT2D eigenvalue weighted by atomic mass is 10.2. The fourth-order valence-electron chi connectivity index (χ4n) is 2.28. The van der Waals surface area contributed by atoms with E-state index in [1.165, 1.54) is 0 Å². The highest BCUT2D eigenvalue weighted by Gasteiger charge is 2.09. The zero-order chi connectivity index (χ0) is 15.7. The summed E-state index contributed by atoms with van der Waals surface area (Å²) in [4.78, 5) is 9.44. The predicted octanol–water partition coefficient (Wildman–Crippen LogP) is 4.45. The summed E-state index contributed by atoms with van der Waals surface area (Å²) in [5.74, 6) is 0.127. The molecule has 4 nitrogen and oxygen atoms in total. The van der Waals surface area contributed by atoms with Crippen LogP contribution in [0.2, 0.25) is 0 Å². The van der Waals surface area contributed by atoms with E-state index in [0.717, 1.165) is 26.8 Å². The second-order valence-corrected chi connectivity index (χ2v) is 6.16. The highest BCUT2D eigenvalue weighted by molar-refractivity contribution is 9.10. The molecular formula is C17H16BrN3O. The van der Waals surface area contributed by atoms with Crippen LogP contribution in [0.5, 0.6) is 5.88 Å². The van der Waals surface area contributed by atoms with Crippen molar-refractivity contribution in [2.75, 3.05) is 19.0 Å². The van der Waals surface area contributed by atoms with Crippen LogP contribution in [0.15, 0.2) is 51.9 Å². The van der Waals surface area contributed by atoms with Crippen molar-refractivity contribution in [3.05, 3.63) is 52.5 Å². The molecule has 0 atom stereocenters. The van der Waals surface area contributed by atoms with Gasteiger partial charge in [-0.1, -0.05) is 15.9 Å². The zero-order valence-corrected chi connectivity index (χ0v) is 13.9. The summed E-state index contributed by atoms with van der Waals surface area (Å²) in [5.41, 5.74) is 3.53. The first-order valence-corrected chi connectivity index (χ1v) is 7.65. The van der Waals surface area contributed by atoms with E-state index in [4.69, 9.17) is 0 Å². The van der Waals surface area contributed by atoms with Crippen molar-refractivity contribution in [2.24, 2.45) is 4.99 Å². The van der Waals surface area contributed by atoms with Crippen LogP contribution in [0, 0.1) is 0 Å². The molecule has 0 spiro atoms. The molecule has 0 unspecified atom stereocenters. The lowest BCUT2D eigenvalue weighted by molar-refractivity contribution is 0.457. The fourth-order valence-corrected chi connectivity index (χ4v) is 2.64. The van der Waals surface area contributed by atoms with Gasteiger partial charge in [0.15, 0.2) is 5.88 Å². The number of nitrogens with one attached hydrogen (secondary N) is 1. The molecule has 112 valence electrons. The average Bonchev–Trinajstić information content (AvgIpc) is 2.80. The second-order valence-electron chi connectivity index (χ2n) is 5.25. The molecule has 0 bridgehead atoms. The molecule has 22 heavy (non-hydrogen) atoms. The summed E-state index contributed by atoms with van der Waals surface area (Å²) >= 11 is 3.45. The Hall–Kier alpha value is -2.27. The Balaban J connectivity index is 1.95. The molecular weight excluding hydrogens is 342 g/mol. The smallest absolute Gasteiger partial charge is 0.198 e. The molecule has 0 saturated carbocycles. The number of aromatic nitrogens is 1. The summed E-state index contributed by atoms with van der Waals surface area (Å²) < 4.78 is 0.962. The van der Waals surface area contributed by atoms with Gasteiger partial charge in [-0.05, 0) is 42.5 Å². The Bertz CT molecular complexity index is 835. The first kappa shape index (κ1) is 14.7. The molecule has 0 radical (unpaired) electrons. The van der Waals surface area contributed by atoms with Crippen LogP contribution in [0.4, 0.5) is 11.4 Å². The van der Waals surface area contributed by atoms with Crippen LogP contribution in [-0.4, -0.2) is 30.4 Å². The first-order valence-electron chi connectivity index (χ1n) is 6.86. The van der Waals surface area contributed by atoms with E-state index in [2.05, 4.69) is 25.9 Å². The summed E-state index contributed by atoms with van der Waals surface area (Å²) in [6.07, 6.45) is 1.69. The van der Waals surface area contributed by atoms with Gasteiger partial charge in [-0.3, -0.25) is 4.99 Å². The SMILES string of the molecule is CN(C)c1ccc(N=Cc2c(O)[nH]c3ccc(Br)cc23)cc1. The summed E-state index contributed by atoms with van der Waals surface area (Å²) in [7, 11) is 4.00. The van der Waals surface area contributed by atoms with Gasteiger partial charge in [0.2, 0.25) is 0 Å². The summed E-state index contributed by atoms with van der Waals surface area (Å²) in [6, 6.07) is 13.7. The maximum absolute atomic E-state index is 10.1. The number of aliphatic imine (C=N–C) groups is 1. The average molecular weight is 358 g/mol. The molecule has 2 N–H and O–H groups in total. The van der Waals surface area contributed by atoms with Crippen molar-refractivity contribution < 1.29 is 5.11 Å². The number of aromatic amines is 1. The monoisotopic (exact) mass is 357 g/mol. The number of halogens is 1. The van der Waals surface area contributed by atoms with E-state index >= 15 is 0 Å². The van der Waals surface area contributed by atoms with Gasteiger partial charge in [0.1, 0.15) is 0 Å². The van der Waals surface area contributed by atoms with E-state index in [1.54, 1.807) is 6.21 Å². The lowest BCUT2D eigenvalue weighted by Crippen LogP contribution is -2.07. The number of rotatable bonds is 3. The number of H-pyrrole nitrogens is 1. The quantitative estimate of drug-likeness (QED) is 0.680. The summed E-state index contributed by atoms with van der Waals surface area (Å²) in [5, 5.41) is 11.0. The van der Waals surface area contributed by atoms with Crippen molar-refractivity contribution >= 4 is 44.4 Å². The zero-order valence-electron chi connectivity index (χ0n) is 12.3. The van der Waals surface area contributed by atoms with Crippen molar-refractivity contribution in [2.45, 2.75) is 0 Å². The van der Waals surface area contributed by atoms with Crippen LogP contribution in [0.25, 0.3) is 10.9 Å². The third-order valence-corrected chi connectivity index (χ3v) is 3.98. The minimum atomic E-state index is 0.127. The molecule has 0 aliphatic carbocycles. The van der Waals surface area contributed by atoms with Crippen molar-refractivity contribution in [3.8, 4) is 5.88 Å². The molecule has 0 aliphatic rings. The molecule has 0 amide bonds. The molecule has 1 aromatic heterocycles. The number of nitrogens with zero attached hydrogens (tertiary/aromatic N) is 2. The van der Waals surface area contributed by atoms with Gasteiger partial charge in [0.25, 0.3) is 0 Å². The van der Waals surface area contributed by atoms with E-state index in [1.807, 2.05) is 61.5 Å². The minimum absolute atomic E-state index is 0.127. The van der Waals surface area contributed by atoms with Gasteiger partial charge >= 0.3 is 0 Å². The number of benzene rings is 2. The summed E-state index contributed by atoms with van der Waals surface area (Å²) in [6.45, 7) is 0. The van der Waals surface area contributed by atoms with Crippen LogP contribution >= 0.6 is 15.9 Å². The molecule has 5 heteroatoms. The maximum atomic E-state index is 10.1. The standard InChI is InChI=1S/C17H16BrN3O/c1-21(2)13-6-4-12(5-7-13)19-10-15-14-9-11(18)3-8-16(14)20-17(15)22/h3-10,20,22H,1-2H3. The molecule has 2 aromatic carbocycles. The van der Waals surface area contributed by atoms with Crippen LogP contribution in [-0.2, 0) is 0 Å². The Morgan fingerprint density at radius 1 is 1.14 bits per heavy atom.